The molecule has 0 saturated carbocycles. The van der Waals surface area contributed by atoms with Gasteiger partial charge >= 0.3 is 0 Å². The first-order valence-electron chi connectivity index (χ1n) is 5.86. The third kappa shape index (κ3) is 3.05. The molecule has 17 heavy (non-hydrogen) atoms. The van der Waals surface area contributed by atoms with Gasteiger partial charge in [-0.15, -0.1) is 0 Å². The summed E-state index contributed by atoms with van der Waals surface area (Å²) >= 11 is 0. The highest BCUT2D eigenvalue weighted by Crippen LogP contribution is 2.17. The van der Waals surface area contributed by atoms with E-state index < -0.39 is 0 Å². The summed E-state index contributed by atoms with van der Waals surface area (Å²) < 4.78 is 5.30. The number of morpholine rings is 1. The maximum atomic E-state index is 11.3. The second kappa shape index (κ2) is 5.29. The number of benzene rings is 1. The van der Waals surface area contributed by atoms with Crippen molar-refractivity contribution in [2.45, 2.75) is 13.5 Å². The lowest BCUT2D eigenvalue weighted by Crippen LogP contribution is -2.35. The van der Waals surface area contributed by atoms with E-state index in [0.717, 1.165) is 49.7 Å². The van der Waals surface area contributed by atoms with Crippen molar-refractivity contribution in [1.29, 1.82) is 0 Å². The van der Waals surface area contributed by atoms with E-state index in [9.17, 15) is 4.79 Å². The number of nitrogens with two attached hydrogens (primary N) is 1. The monoisotopic (exact) mass is 234 g/mol. The minimum Gasteiger partial charge on any atom is -0.398 e. The molecule has 0 aliphatic carbocycles. The van der Waals surface area contributed by atoms with Gasteiger partial charge < -0.3 is 10.5 Å². The highest BCUT2D eigenvalue weighted by Gasteiger charge is 2.13. The van der Waals surface area contributed by atoms with Crippen molar-refractivity contribution in [3.05, 3.63) is 29.3 Å². The van der Waals surface area contributed by atoms with Gasteiger partial charge in [0.15, 0.2) is 5.78 Å². The van der Waals surface area contributed by atoms with Crippen LogP contribution in [0.5, 0.6) is 0 Å². The number of ether oxygens (including phenoxy) is 1. The summed E-state index contributed by atoms with van der Waals surface area (Å²) in [6.07, 6.45) is 0. The van der Waals surface area contributed by atoms with Gasteiger partial charge in [0.2, 0.25) is 0 Å². The number of rotatable bonds is 3. The molecule has 0 unspecified atom stereocenters. The third-order valence-electron chi connectivity index (χ3n) is 3.05. The van der Waals surface area contributed by atoms with Crippen molar-refractivity contribution < 1.29 is 9.53 Å². The van der Waals surface area contributed by atoms with Crippen LogP contribution < -0.4 is 5.73 Å². The maximum absolute atomic E-state index is 11.3. The Morgan fingerprint density at radius 3 is 2.76 bits per heavy atom. The molecule has 0 radical (unpaired) electrons. The average Bonchev–Trinajstić information content (AvgIpc) is 2.33. The molecule has 1 saturated heterocycles. The van der Waals surface area contributed by atoms with E-state index in [-0.39, 0.29) is 5.78 Å². The van der Waals surface area contributed by atoms with Crippen LogP contribution in [-0.2, 0) is 11.3 Å². The molecule has 1 aromatic rings. The molecule has 0 aromatic heterocycles. The van der Waals surface area contributed by atoms with Crippen LogP contribution >= 0.6 is 0 Å². The molecule has 92 valence electrons. The molecule has 0 spiro atoms. The maximum Gasteiger partial charge on any atom is 0.159 e. The molecular weight excluding hydrogens is 216 g/mol. The van der Waals surface area contributed by atoms with Crippen molar-refractivity contribution in [3.8, 4) is 0 Å². The molecule has 0 atom stereocenters. The number of hydrogen-bond donors (Lipinski definition) is 1. The first kappa shape index (κ1) is 12.1. The van der Waals surface area contributed by atoms with Crippen LogP contribution in [0.1, 0.15) is 22.8 Å². The standard InChI is InChI=1S/C13H18N2O2/c1-10(16)11-2-3-13(14)12(8-11)9-15-4-6-17-7-5-15/h2-3,8H,4-7,9,14H2,1H3. The van der Waals surface area contributed by atoms with Gasteiger partial charge in [0.05, 0.1) is 13.2 Å². The lowest BCUT2D eigenvalue weighted by Gasteiger charge is -2.27. The van der Waals surface area contributed by atoms with Crippen LogP contribution in [0.25, 0.3) is 0 Å². The van der Waals surface area contributed by atoms with Crippen LogP contribution in [0.15, 0.2) is 18.2 Å². The van der Waals surface area contributed by atoms with Crippen molar-refractivity contribution >= 4 is 11.5 Å². The van der Waals surface area contributed by atoms with Crippen molar-refractivity contribution in [2.24, 2.45) is 0 Å². The zero-order valence-electron chi connectivity index (χ0n) is 10.1. The predicted molar refractivity (Wildman–Crippen MR) is 67.0 cm³/mol. The second-order valence-corrected chi connectivity index (χ2v) is 4.36. The van der Waals surface area contributed by atoms with Crippen molar-refractivity contribution in [1.82, 2.24) is 4.90 Å². The van der Waals surface area contributed by atoms with E-state index in [4.69, 9.17) is 10.5 Å². The summed E-state index contributed by atoms with van der Waals surface area (Å²) in [6.45, 7) is 5.74. The lowest BCUT2D eigenvalue weighted by atomic mass is 10.1. The van der Waals surface area contributed by atoms with Crippen LogP contribution in [-0.4, -0.2) is 37.0 Å². The Hall–Kier alpha value is -1.39. The Kier molecular flexibility index (Phi) is 3.76. The predicted octanol–water partition coefficient (Wildman–Crippen LogP) is 1.30. The van der Waals surface area contributed by atoms with Gasteiger partial charge in [0, 0.05) is 30.9 Å². The highest BCUT2D eigenvalue weighted by molar-refractivity contribution is 5.94. The van der Waals surface area contributed by atoms with E-state index in [2.05, 4.69) is 4.90 Å². The van der Waals surface area contributed by atoms with Gasteiger partial charge in [-0.3, -0.25) is 9.69 Å². The van der Waals surface area contributed by atoms with E-state index >= 15 is 0 Å². The quantitative estimate of drug-likeness (QED) is 0.632. The lowest BCUT2D eigenvalue weighted by molar-refractivity contribution is 0.0342. The zero-order valence-corrected chi connectivity index (χ0v) is 10.1. The highest BCUT2D eigenvalue weighted by atomic mass is 16.5. The van der Waals surface area contributed by atoms with Crippen molar-refractivity contribution in [3.63, 3.8) is 0 Å². The number of nitrogen functional groups attached to an aromatic ring is 1. The van der Waals surface area contributed by atoms with Gasteiger partial charge in [-0.2, -0.15) is 0 Å². The summed E-state index contributed by atoms with van der Waals surface area (Å²) in [5.74, 6) is 0.0771. The number of carbonyl (C=O) groups excluding carboxylic acids is 1. The van der Waals surface area contributed by atoms with Crippen LogP contribution in [0.4, 0.5) is 5.69 Å². The summed E-state index contributed by atoms with van der Waals surface area (Å²) in [5.41, 5.74) is 8.44. The number of anilines is 1. The van der Waals surface area contributed by atoms with Gasteiger partial charge in [0.1, 0.15) is 0 Å². The third-order valence-corrected chi connectivity index (χ3v) is 3.05. The Morgan fingerprint density at radius 2 is 2.12 bits per heavy atom. The molecule has 4 heteroatoms. The Labute approximate surface area is 101 Å². The molecule has 1 aliphatic heterocycles. The molecule has 4 nitrogen and oxygen atoms in total. The summed E-state index contributed by atoms with van der Waals surface area (Å²) in [7, 11) is 0. The van der Waals surface area contributed by atoms with Gasteiger partial charge in [0.25, 0.3) is 0 Å². The molecule has 1 aromatic carbocycles. The molecule has 0 amide bonds. The van der Waals surface area contributed by atoms with E-state index in [1.54, 1.807) is 13.0 Å². The molecule has 0 bridgehead atoms. The number of ketones is 1. The minimum absolute atomic E-state index is 0.0771. The molecule has 1 heterocycles. The first-order valence-corrected chi connectivity index (χ1v) is 5.86. The van der Waals surface area contributed by atoms with Crippen LogP contribution in [0.2, 0.25) is 0 Å². The summed E-state index contributed by atoms with van der Waals surface area (Å²) in [6, 6.07) is 5.49. The fourth-order valence-corrected chi connectivity index (χ4v) is 1.96. The van der Waals surface area contributed by atoms with E-state index in [1.165, 1.54) is 0 Å². The smallest absolute Gasteiger partial charge is 0.159 e. The zero-order chi connectivity index (χ0) is 12.3. The summed E-state index contributed by atoms with van der Waals surface area (Å²) in [5, 5.41) is 0. The van der Waals surface area contributed by atoms with Crippen molar-refractivity contribution in [2.75, 3.05) is 32.0 Å². The largest absolute Gasteiger partial charge is 0.398 e. The van der Waals surface area contributed by atoms with Crippen LogP contribution in [0, 0.1) is 0 Å². The Bertz CT molecular complexity index is 412. The van der Waals surface area contributed by atoms with E-state index in [1.807, 2.05) is 12.1 Å². The Morgan fingerprint density at radius 1 is 1.41 bits per heavy atom. The van der Waals surface area contributed by atoms with Crippen LogP contribution in [0.3, 0.4) is 0 Å². The average molecular weight is 234 g/mol. The number of Topliss-reactive ketones (excluding diaryl/α,β-unsaturated/α-hetero) is 1. The molecule has 1 aliphatic rings. The topological polar surface area (TPSA) is 55.6 Å². The minimum atomic E-state index is 0.0771. The number of hydrogen-bond acceptors (Lipinski definition) is 4. The molecule has 2 N–H and O–H groups in total. The normalized spacial score (nSPS) is 17.0. The molecular formula is C13H18N2O2. The van der Waals surface area contributed by atoms with Gasteiger partial charge in [-0.05, 0) is 30.7 Å². The number of nitrogens with zero attached hydrogens (tertiary/aromatic N) is 1. The summed E-state index contributed by atoms with van der Waals surface area (Å²) in [4.78, 5) is 13.6. The Balaban J connectivity index is 2.13. The molecule has 2 rings (SSSR count). The van der Waals surface area contributed by atoms with E-state index in [0.29, 0.717) is 0 Å². The second-order valence-electron chi connectivity index (χ2n) is 4.36. The fraction of sp³-hybridized carbons (Fsp3) is 0.462. The SMILES string of the molecule is CC(=O)c1ccc(N)c(CN2CCOCC2)c1. The first-order chi connectivity index (χ1) is 8.16. The van der Waals surface area contributed by atoms with Gasteiger partial charge in [-0.25, -0.2) is 0 Å². The molecule has 1 fully saturated rings. The number of carbonyl (C=O) groups is 1. The fourth-order valence-electron chi connectivity index (χ4n) is 1.96. The van der Waals surface area contributed by atoms with Gasteiger partial charge in [-0.1, -0.05) is 0 Å².